The van der Waals surface area contributed by atoms with Crippen LogP contribution in [0.1, 0.15) is 72.6 Å². The number of aromatic nitrogens is 4. The third kappa shape index (κ3) is 5.56. The van der Waals surface area contributed by atoms with Gasteiger partial charge in [0.15, 0.2) is 0 Å². The first-order valence-corrected chi connectivity index (χ1v) is 13.3. The fourth-order valence-electron chi connectivity index (χ4n) is 5.03. The Bertz CT molecular complexity index is 1410. The van der Waals surface area contributed by atoms with Crippen LogP contribution in [-0.4, -0.2) is 49.1 Å². The van der Waals surface area contributed by atoms with Crippen molar-refractivity contribution in [2.45, 2.75) is 58.5 Å². The molecule has 0 unspecified atom stereocenters. The number of hydrogen-bond acceptors (Lipinski definition) is 4. The number of aryl methyl sites for hydroxylation is 1. The van der Waals surface area contributed by atoms with Crippen molar-refractivity contribution in [2.24, 2.45) is 0 Å². The van der Waals surface area contributed by atoms with Crippen LogP contribution in [0.15, 0.2) is 61.2 Å². The zero-order chi connectivity index (χ0) is 26.6. The summed E-state index contributed by atoms with van der Waals surface area (Å²) < 4.78 is 3.78. The molecule has 0 atom stereocenters. The van der Waals surface area contributed by atoms with E-state index in [9.17, 15) is 9.59 Å². The molecule has 9 nitrogen and oxygen atoms in total. The van der Waals surface area contributed by atoms with Gasteiger partial charge in [-0.2, -0.15) is 5.10 Å². The first-order chi connectivity index (χ1) is 18.4. The number of benzene rings is 1. The second kappa shape index (κ2) is 11.1. The first-order valence-electron chi connectivity index (χ1n) is 13.3. The minimum atomic E-state index is -0.250. The van der Waals surface area contributed by atoms with Crippen molar-refractivity contribution in [2.75, 3.05) is 18.4 Å². The van der Waals surface area contributed by atoms with Crippen LogP contribution in [0.3, 0.4) is 0 Å². The molecule has 3 aromatic heterocycles. The maximum absolute atomic E-state index is 13.3. The van der Waals surface area contributed by atoms with Crippen molar-refractivity contribution in [1.82, 2.24) is 29.4 Å². The van der Waals surface area contributed by atoms with E-state index in [0.29, 0.717) is 12.5 Å². The van der Waals surface area contributed by atoms with Crippen molar-refractivity contribution in [3.8, 4) is 0 Å². The van der Waals surface area contributed by atoms with Crippen LogP contribution >= 0.6 is 0 Å². The Morgan fingerprint density at radius 1 is 1.08 bits per heavy atom. The monoisotopic (exact) mass is 513 g/mol. The summed E-state index contributed by atoms with van der Waals surface area (Å²) in [6.45, 7) is 8.82. The second-order valence-electron chi connectivity index (χ2n) is 10.2. The molecule has 1 fully saturated rings. The fraction of sp³-hybridized carbons (Fsp3) is 0.379. The molecule has 0 spiro atoms. The molecular formula is C29H35N7O2. The number of urea groups is 1. The van der Waals surface area contributed by atoms with Crippen molar-refractivity contribution in [1.29, 1.82) is 0 Å². The van der Waals surface area contributed by atoms with Gasteiger partial charge in [0.2, 0.25) is 0 Å². The Balaban J connectivity index is 1.12. The highest BCUT2D eigenvalue weighted by molar-refractivity contribution is 5.95. The molecule has 2 N–H and O–H groups in total. The van der Waals surface area contributed by atoms with Gasteiger partial charge in [-0.05, 0) is 67.0 Å². The van der Waals surface area contributed by atoms with E-state index >= 15 is 0 Å². The van der Waals surface area contributed by atoms with Gasteiger partial charge in [-0.3, -0.25) is 9.48 Å². The lowest BCUT2D eigenvalue weighted by Crippen LogP contribution is -2.38. The molecule has 1 aromatic carbocycles. The molecule has 38 heavy (non-hydrogen) atoms. The highest BCUT2D eigenvalue weighted by Crippen LogP contribution is 2.30. The van der Waals surface area contributed by atoms with Crippen LogP contribution in [0.4, 0.5) is 10.5 Å². The van der Waals surface area contributed by atoms with Crippen LogP contribution in [0.25, 0.3) is 5.65 Å². The van der Waals surface area contributed by atoms with Gasteiger partial charge >= 0.3 is 6.03 Å². The van der Waals surface area contributed by atoms with Crippen LogP contribution in [0.5, 0.6) is 0 Å². The minimum absolute atomic E-state index is 0.0853. The van der Waals surface area contributed by atoms with Crippen molar-refractivity contribution in [3.05, 3.63) is 83.6 Å². The number of hydrogen-bond donors (Lipinski definition) is 2. The predicted molar refractivity (Wildman–Crippen MR) is 147 cm³/mol. The van der Waals surface area contributed by atoms with E-state index in [0.717, 1.165) is 60.6 Å². The molecule has 4 aromatic rings. The molecule has 0 aliphatic carbocycles. The predicted octanol–water partition coefficient (Wildman–Crippen LogP) is 5.02. The number of fused-ring (bicyclic) bond motifs is 1. The molecule has 3 amide bonds. The number of imidazole rings is 1. The van der Waals surface area contributed by atoms with Crippen LogP contribution < -0.4 is 10.6 Å². The van der Waals surface area contributed by atoms with E-state index < -0.39 is 0 Å². The first kappa shape index (κ1) is 25.5. The summed E-state index contributed by atoms with van der Waals surface area (Å²) >= 11 is 0. The molecule has 5 rings (SSSR count). The van der Waals surface area contributed by atoms with Gasteiger partial charge in [0, 0.05) is 56.7 Å². The molecule has 1 saturated heterocycles. The molecular weight excluding hydrogens is 478 g/mol. The Labute approximate surface area is 222 Å². The zero-order valence-electron chi connectivity index (χ0n) is 22.2. The number of carbonyl (C=O) groups excluding carboxylic acids is 2. The summed E-state index contributed by atoms with van der Waals surface area (Å²) in [7, 11) is 0. The number of piperidine rings is 1. The molecule has 1 aliphatic heterocycles. The fourth-order valence-corrected chi connectivity index (χ4v) is 5.03. The van der Waals surface area contributed by atoms with E-state index in [1.807, 2.05) is 63.8 Å². The number of nitrogens with zero attached hydrogens (tertiary/aromatic N) is 5. The lowest BCUT2D eigenvalue weighted by Gasteiger charge is -2.32. The van der Waals surface area contributed by atoms with Gasteiger partial charge < -0.3 is 19.9 Å². The van der Waals surface area contributed by atoms with Crippen LogP contribution in [0.2, 0.25) is 0 Å². The number of pyridine rings is 1. The van der Waals surface area contributed by atoms with Gasteiger partial charge in [-0.25, -0.2) is 9.78 Å². The maximum Gasteiger partial charge on any atom is 0.319 e. The number of anilines is 1. The highest BCUT2D eigenvalue weighted by Gasteiger charge is 2.28. The topological polar surface area (TPSA) is 96.6 Å². The number of carbonyl (C=O) groups is 2. The van der Waals surface area contributed by atoms with E-state index in [2.05, 4.69) is 46.7 Å². The van der Waals surface area contributed by atoms with Gasteiger partial charge in [0.25, 0.3) is 5.91 Å². The summed E-state index contributed by atoms with van der Waals surface area (Å²) in [4.78, 5) is 31.9. The summed E-state index contributed by atoms with van der Waals surface area (Å²) in [5.41, 5.74) is 5.43. The Morgan fingerprint density at radius 2 is 1.84 bits per heavy atom. The zero-order valence-corrected chi connectivity index (χ0v) is 22.2. The molecule has 0 bridgehead atoms. The largest absolute Gasteiger partial charge is 0.338 e. The van der Waals surface area contributed by atoms with Crippen molar-refractivity contribution < 1.29 is 9.59 Å². The number of likely N-dealkylation sites (tertiary alicyclic amines) is 1. The van der Waals surface area contributed by atoms with Gasteiger partial charge in [0.1, 0.15) is 5.65 Å². The third-order valence-corrected chi connectivity index (χ3v) is 7.23. The number of nitrogens with one attached hydrogen (secondary N) is 2. The van der Waals surface area contributed by atoms with E-state index in [1.165, 1.54) is 5.56 Å². The van der Waals surface area contributed by atoms with Gasteiger partial charge in [-0.15, -0.1) is 0 Å². The number of rotatable bonds is 7. The summed E-state index contributed by atoms with van der Waals surface area (Å²) in [5, 5.41) is 10.4. The normalized spacial score (nSPS) is 14.3. The SMILES string of the molecule is CCn1cc(C(=O)N2CCC(c3ccc(NC(=O)NCc4ccn5ccnc5c4)cc3)CC2)c(C(C)C)n1. The molecule has 198 valence electrons. The Morgan fingerprint density at radius 3 is 2.55 bits per heavy atom. The van der Waals surface area contributed by atoms with Crippen LogP contribution in [-0.2, 0) is 13.1 Å². The third-order valence-electron chi connectivity index (χ3n) is 7.23. The average molecular weight is 514 g/mol. The quantitative estimate of drug-likeness (QED) is 0.363. The molecule has 9 heteroatoms. The number of amides is 3. The van der Waals surface area contributed by atoms with Crippen molar-refractivity contribution in [3.63, 3.8) is 0 Å². The smallest absolute Gasteiger partial charge is 0.319 e. The van der Waals surface area contributed by atoms with Gasteiger partial charge in [0.05, 0.1) is 11.3 Å². The maximum atomic E-state index is 13.3. The lowest BCUT2D eigenvalue weighted by molar-refractivity contribution is 0.0711. The van der Waals surface area contributed by atoms with Gasteiger partial charge in [-0.1, -0.05) is 26.0 Å². The van der Waals surface area contributed by atoms with E-state index in [4.69, 9.17) is 0 Å². The lowest BCUT2D eigenvalue weighted by atomic mass is 9.89. The molecule has 1 aliphatic rings. The Kier molecular flexibility index (Phi) is 7.44. The summed E-state index contributed by atoms with van der Waals surface area (Å²) in [6, 6.07) is 11.7. The molecule has 4 heterocycles. The highest BCUT2D eigenvalue weighted by atomic mass is 16.2. The standard InChI is InChI=1S/C29H35N7O2/c1-4-36-19-25(27(33-36)20(2)3)28(37)35-14-10-23(11-15-35)22-5-7-24(8-6-22)32-29(38)31-18-21-9-13-34-16-12-30-26(34)17-21/h5-9,12-13,16-17,19-20,23H,4,10-11,14-15,18H2,1-3H3,(H2,31,32,38). The average Bonchev–Trinajstić information content (AvgIpc) is 3.59. The van der Waals surface area contributed by atoms with E-state index in [-0.39, 0.29) is 17.9 Å². The van der Waals surface area contributed by atoms with Crippen LogP contribution in [0, 0.1) is 0 Å². The summed E-state index contributed by atoms with van der Waals surface area (Å²) in [5.74, 6) is 0.685. The van der Waals surface area contributed by atoms with Crippen molar-refractivity contribution >= 4 is 23.3 Å². The second-order valence-corrected chi connectivity index (χ2v) is 10.2. The van der Waals surface area contributed by atoms with E-state index in [1.54, 1.807) is 6.20 Å². The Hall–Kier alpha value is -4.14. The molecule has 0 saturated carbocycles. The molecule has 0 radical (unpaired) electrons. The summed E-state index contributed by atoms with van der Waals surface area (Å²) in [6.07, 6.45) is 9.29. The minimum Gasteiger partial charge on any atom is -0.338 e.